The van der Waals surface area contributed by atoms with Crippen LogP contribution in [0.5, 0.6) is 0 Å². The monoisotopic (exact) mass is 508 g/mol. The fourth-order valence-corrected chi connectivity index (χ4v) is 4.24. The normalized spacial score (nSPS) is 12.7. The lowest BCUT2D eigenvalue weighted by Gasteiger charge is -2.23. The SMILES string of the molecule is CN(c1ccccc1)c1nc(C(F)(F)F)ccc1CNC(=O)CC(c1ccc(N)cc1)S(=O)(=O)O. The Labute approximate surface area is 200 Å². The second-order valence-corrected chi connectivity index (χ2v) is 9.32. The van der Waals surface area contributed by atoms with Crippen LogP contribution in [0.1, 0.15) is 28.5 Å². The van der Waals surface area contributed by atoms with Crippen LogP contribution in [0.15, 0.2) is 66.7 Å². The van der Waals surface area contributed by atoms with Gasteiger partial charge in [0.15, 0.2) is 0 Å². The van der Waals surface area contributed by atoms with E-state index in [0.717, 1.165) is 6.07 Å². The number of nitrogens with two attached hydrogens (primary N) is 1. The van der Waals surface area contributed by atoms with Crippen LogP contribution >= 0.6 is 0 Å². The molecule has 1 aromatic heterocycles. The number of rotatable bonds is 8. The summed E-state index contributed by atoms with van der Waals surface area (Å²) in [5.41, 5.74) is 5.88. The molecule has 35 heavy (non-hydrogen) atoms. The highest BCUT2D eigenvalue weighted by Gasteiger charge is 2.34. The van der Waals surface area contributed by atoms with E-state index < -0.39 is 39.6 Å². The maximum absolute atomic E-state index is 13.3. The summed E-state index contributed by atoms with van der Waals surface area (Å²) in [7, 11) is -3.10. The Bertz CT molecular complexity index is 1280. The number of benzene rings is 2. The first kappa shape index (κ1) is 26.0. The van der Waals surface area contributed by atoms with E-state index in [1.54, 1.807) is 37.4 Å². The molecule has 0 aliphatic carbocycles. The Morgan fingerprint density at radius 2 is 1.71 bits per heavy atom. The highest BCUT2D eigenvalue weighted by atomic mass is 32.2. The number of anilines is 3. The van der Waals surface area contributed by atoms with E-state index >= 15 is 0 Å². The Hall–Kier alpha value is -3.64. The Morgan fingerprint density at radius 3 is 2.29 bits per heavy atom. The summed E-state index contributed by atoms with van der Waals surface area (Å²) in [5.74, 6) is -0.770. The van der Waals surface area contributed by atoms with Crippen LogP contribution in [-0.4, -0.2) is 30.9 Å². The molecule has 1 amide bonds. The van der Waals surface area contributed by atoms with Crippen LogP contribution in [0.25, 0.3) is 0 Å². The molecule has 3 aromatic rings. The van der Waals surface area contributed by atoms with Gasteiger partial charge in [0, 0.05) is 37.0 Å². The van der Waals surface area contributed by atoms with Gasteiger partial charge in [0.05, 0.1) is 0 Å². The van der Waals surface area contributed by atoms with Gasteiger partial charge >= 0.3 is 6.18 Å². The lowest BCUT2D eigenvalue weighted by atomic mass is 10.1. The molecule has 0 saturated heterocycles. The van der Waals surface area contributed by atoms with Crippen molar-refractivity contribution in [3.63, 3.8) is 0 Å². The molecule has 4 N–H and O–H groups in total. The van der Waals surface area contributed by atoms with Gasteiger partial charge < -0.3 is 16.0 Å². The van der Waals surface area contributed by atoms with E-state index in [-0.39, 0.29) is 23.5 Å². The van der Waals surface area contributed by atoms with E-state index in [0.29, 0.717) is 11.4 Å². The molecule has 0 radical (unpaired) electrons. The predicted octanol–water partition coefficient (Wildman–Crippen LogP) is 4.09. The van der Waals surface area contributed by atoms with Crippen molar-refractivity contribution in [1.29, 1.82) is 0 Å². The van der Waals surface area contributed by atoms with Crippen LogP contribution in [0.3, 0.4) is 0 Å². The number of aromatic nitrogens is 1. The molecule has 0 spiro atoms. The third kappa shape index (κ3) is 6.70. The lowest BCUT2D eigenvalue weighted by Crippen LogP contribution is -2.28. The largest absolute Gasteiger partial charge is 0.433 e. The number of alkyl halides is 3. The van der Waals surface area contributed by atoms with Gasteiger partial charge in [-0.05, 0) is 35.9 Å². The van der Waals surface area contributed by atoms with Crippen molar-refractivity contribution in [3.8, 4) is 0 Å². The van der Waals surface area contributed by atoms with Gasteiger partial charge in [-0.25, -0.2) is 4.98 Å². The molecule has 0 aliphatic heterocycles. The zero-order chi connectivity index (χ0) is 25.8. The second kappa shape index (κ2) is 10.3. The zero-order valence-electron chi connectivity index (χ0n) is 18.5. The fourth-order valence-electron chi connectivity index (χ4n) is 3.38. The molecule has 12 heteroatoms. The maximum atomic E-state index is 13.3. The van der Waals surface area contributed by atoms with Crippen molar-refractivity contribution in [2.45, 2.75) is 24.4 Å². The zero-order valence-corrected chi connectivity index (χ0v) is 19.3. The molecular weight excluding hydrogens is 485 g/mol. The minimum absolute atomic E-state index is 0.0313. The summed E-state index contributed by atoms with van der Waals surface area (Å²) in [4.78, 5) is 17.8. The maximum Gasteiger partial charge on any atom is 0.433 e. The molecule has 2 aromatic carbocycles. The third-order valence-corrected chi connectivity index (χ3v) is 6.38. The summed E-state index contributed by atoms with van der Waals surface area (Å²) in [6.07, 6.45) is -5.28. The number of amides is 1. The van der Waals surface area contributed by atoms with Crippen molar-refractivity contribution < 1.29 is 30.9 Å². The smallest absolute Gasteiger partial charge is 0.399 e. The average Bonchev–Trinajstić information content (AvgIpc) is 2.80. The lowest BCUT2D eigenvalue weighted by molar-refractivity contribution is -0.141. The van der Waals surface area contributed by atoms with E-state index in [2.05, 4.69) is 10.3 Å². The number of carbonyl (C=O) groups is 1. The van der Waals surface area contributed by atoms with Crippen LogP contribution in [0.4, 0.5) is 30.4 Å². The topological polar surface area (TPSA) is 126 Å². The first-order valence-electron chi connectivity index (χ1n) is 10.3. The van der Waals surface area contributed by atoms with Gasteiger partial charge in [0.1, 0.15) is 16.8 Å². The number of hydrogen-bond acceptors (Lipinski definition) is 6. The predicted molar refractivity (Wildman–Crippen MR) is 125 cm³/mol. The number of pyridine rings is 1. The second-order valence-electron chi connectivity index (χ2n) is 7.72. The summed E-state index contributed by atoms with van der Waals surface area (Å²) in [5, 5.41) is 0.959. The van der Waals surface area contributed by atoms with Crippen molar-refractivity contribution in [2.24, 2.45) is 0 Å². The molecule has 0 aliphatic rings. The molecule has 0 saturated carbocycles. The molecular formula is C23H23F3N4O4S. The van der Waals surface area contributed by atoms with Crippen LogP contribution in [-0.2, 0) is 27.6 Å². The molecule has 1 unspecified atom stereocenters. The van der Waals surface area contributed by atoms with Crippen molar-refractivity contribution in [3.05, 3.63) is 83.6 Å². The summed E-state index contributed by atoms with van der Waals surface area (Å²) in [6, 6.07) is 16.2. The van der Waals surface area contributed by atoms with E-state index in [9.17, 15) is 30.9 Å². The number of nitrogens with zero attached hydrogens (tertiary/aromatic N) is 2. The van der Waals surface area contributed by atoms with Gasteiger partial charge in [-0.1, -0.05) is 36.4 Å². The molecule has 1 heterocycles. The number of nitrogen functional groups attached to an aromatic ring is 1. The molecule has 1 atom stereocenters. The molecule has 8 nitrogen and oxygen atoms in total. The Balaban J connectivity index is 1.83. The fraction of sp³-hybridized carbons (Fsp3) is 0.217. The minimum atomic E-state index is -4.67. The highest BCUT2D eigenvalue weighted by molar-refractivity contribution is 7.86. The number of hydrogen-bond donors (Lipinski definition) is 3. The Morgan fingerprint density at radius 1 is 1.09 bits per heavy atom. The Kier molecular flexibility index (Phi) is 7.66. The van der Waals surface area contributed by atoms with Crippen LogP contribution < -0.4 is 16.0 Å². The molecule has 186 valence electrons. The third-order valence-electron chi connectivity index (χ3n) is 5.22. The van der Waals surface area contributed by atoms with Crippen LogP contribution in [0.2, 0.25) is 0 Å². The van der Waals surface area contributed by atoms with Crippen molar-refractivity contribution in [1.82, 2.24) is 10.3 Å². The van der Waals surface area contributed by atoms with Gasteiger partial charge in [-0.15, -0.1) is 0 Å². The summed E-state index contributed by atoms with van der Waals surface area (Å²) in [6.45, 7) is -0.226. The van der Waals surface area contributed by atoms with E-state index in [1.807, 2.05) is 0 Å². The number of halogens is 3. The van der Waals surface area contributed by atoms with Crippen molar-refractivity contribution in [2.75, 3.05) is 17.7 Å². The molecule has 0 bridgehead atoms. The average molecular weight is 509 g/mol. The quantitative estimate of drug-likeness (QED) is 0.309. The number of carbonyl (C=O) groups excluding carboxylic acids is 1. The summed E-state index contributed by atoms with van der Waals surface area (Å²) >= 11 is 0. The van der Waals surface area contributed by atoms with E-state index in [1.165, 1.54) is 35.2 Å². The summed E-state index contributed by atoms with van der Waals surface area (Å²) < 4.78 is 73.2. The van der Waals surface area contributed by atoms with Gasteiger partial charge in [0.25, 0.3) is 10.1 Å². The minimum Gasteiger partial charge on any atom is -0.399 e. The van der Waals surface area contributed by atoms with Gasteiger partial charge in [-0.2, -0.15) is 21.6 Å². The molecule has 3 rings (SSSR count). The van der Waals surface area contributed by atoms with Crippen LogP contribution in [0, 0.1) is 0 Å². The number of para-hydroxylation sites is 1. The standard InChI is InChI=1S/C23H23F3N4O4S/c1-30(18-5-3-2-4-6-18)22-16(9-12-20(29-22)23(24,25)26)14-28-21(31)13-19(35(32,33)34)15-7-10-17(27)11-8-15/h2-12,19H,13-14,27H2,1H3,(H,28,31)(H,32,33,34). The van der Waals surface area contributed by atoms with Gasteiger partial charge in [0.2, 0.25) is 5.91 Å². The molecule has 0 fully saturated rings. The first-order valence-corrected chi connectivity index (χ1v) is 11.8. The van der Waals surface area contributed by atoms with E-state index in [4.69, 9.17) is 5.73 Å². The first-order chi connectivity index (χ1) is 16.4. The van der Waals surface area contributed by atoms with Crippen molar-refractivity contribution >= 4 is 33.2 Å². The number of nitrogens with one attached hydrogen (secondary N) is 1. The van der Waals surface area contributed by atoms with Gasteiger partial charge in [-0.3, -0.25) is 9.35 Å². The highest BCUT2D eigenvalue weighted by Crippen LogP contribution is 2.32.